The van der Waals surface area contributed by atoms with Crippen LogP contribution in [0.2, 0.25) is 0 Å². The number of aliphatic hydroxyl groups is 1. The minimum absolute atomic E-state index is 0. The standard InChI is InChI=1S/C21H29NO2.ClH/c1-5-18-7-9-19(10-8-18)17(4)22-13-20(23)14-24-21-11-6-15(2)12-16(21)3;/h6-12,17,20,22-23H,5,13-14H2,1-4H3;1H. The molecular weight excluding hydrogens is 334 g/mol. The monoisotopic (exact) mass is 363 g/mol. The third-order valence-corrected chi connectivity index (χ3v) is 4.31. The highest BCUT2D eigenvalue weighted by molar-refractivity contribution is 5.85. The van der Waals surface area contributed by atoms with Gasteiger partial charge in [0.05, 0.1) is 0 Å². The Labute approximate surface area is 157 Å². The average molecular weight is 364 g/mol. The highest BCUT2D eigenvalue weighted by Gasteiger charge is 2.10. The molecule has 0 aliphatic carbocycles. The summed E-state index contributed by atoms with van der Waals surface area (Å²) in [7, 11) is 0. The van der Waals surface area contributed by atoms with Crippen molar-refractivity contribution in [2.24, 2.45) is 0 Å². The third-order valence-electron chi connectivity index (χ3n) is 4.31. The molecule has 2 aromatic rings. The first-order valence-corrected chi connectivity index (χ1v) is 8.70. The van der Waals surface area contributed by atoms with E-state index in [0.717, 1.165) is 17.7 Å². The first-order valence-electron chi connectivity index (χ1n) is 8.70. The minimum atomic E-state index is -0.539. The summed E-state index contributed by atoms with van der Waals surface area (Å²) < 4.78 is 5.73. The van der Waals surface area contributed by atoms with Crippen LogP contribution in [0.4, 0.5) is 0 Å². The van der Waals surface area contributed by atoms with Gasteiger partial charge in [-0.15, -0.1) is 12.4 Å². The van der Waals surface area contributed by atoms with Gasteiger partial charge in [0.25, 0.3) is 0 Å². The number of rotatable bonds is 8. The zero-order valence-electron chi connectivity index (χ0n) is 15.6. The quantitative estimate of drug-likeness (QED) is 0.731. The highest BCUT2D eigenvalue weighted by Crippen LogP contribution is 2.19. The zero-order chi connectivity index (χ0) is 17.5. The Hall–Kier alpha value is -1.55. The Kier molecular flexibility index (Phi) is 8.98. The first kappa shape index (κ1) is 21.5. The van der Waals surface area contributed by atoms with Crippen LogP contribution in [0.15, 0.2) is 42.5 Å². The molecule has 25 heavy (non-hydrogen) atoms. The summed E-state index contributed by atoms with van der Waals surface area (Å²) in [4.78, 5) is 0. The molecule has 2 rings (SSSR count). The molecule has 3 nitrogen and oxygen atoms in total. The molecule has 0 bridgehead atoms. The Morgan fingerprint density at radius 2 is 1.76 bits per heavy atom. The SMILES string of the molecule is CCc1ccc(C(C)NCC(O)COc2ccc(C)cc2C)cc1.Cl. The molecule has 0 aromatic heterocycles. The average Bonchev–Trinajstić information content (AvgIpc) is 2.59. The minimum Gasteiger partial charge on any atom is -0.491 e. The highest BCUT2D eigenvalue weighted by atomic mass is 35.5. The smallest absolute Gasteiger partial charge is 0.122 e. The lowest BCUT2D eigenvalue weighted by Gasteiger charge is -2.19. The maximum Gasteiger partial charge on any atom is 0.122 e. The van der Waals surface area contributed by atoms with Crippen LogP contribution in [0, 0.1) is 13.8 Å². The van der Waals surface area contributed by atoms with Gasteiger partial charge in [0.15, 0.2) is 0 Å². The van der Waals surface area contributed by atoms with E-state index in [4.69, 9.17) is 4.74 Å². The lowest BCUT2D eigenvalue weighted by Crippen LogP contribution is -2.33. The second kappa shape index (κ2) is 10.4. The molecule has 2 N–H and O–H groups in total. The van der Waals surface area contributed by atoms with Crippen molar-refractivity contribution >= 4 is 12.4 Å². The molecule has 4 heteroatoms. The van der Waals surface area contributed by atoms with Gasteiger partial charge < -0.3 is 15.2 Å². The molecule has 2 atom stereocenters. The van der Waals surface area contributed by atoms with Crippen molar-refractivity contribution < 1.29 is 9.84 Å². The summed E-state index contributed by atoms with van der Waals surface area (Å²) >= 11 is 0. The van der Waals surface area contributed by atoms with E-state index in [1.165, 1.54) is 16.7 Å². The van der Waals surface area contributed by atoms with Crippen LogP contribution in [0.25, 0.3) is 0 Å². The normalized spacial score (nSPS) is 13.0. The number of benzene rings is 2. The lowest BCUT2D eigenvalue weighted by atomic mass is 10.0. The largest absolute Gasteiger partial charge is 0.491 e. The van der Waals surface area contributed by atoms with Crippen molar-refractivity contribution in [2.45, 2.75) is 46.3 Å². The summed E-state index contributed by atoms with van der Waals surface area (Å²) in [6, 6.07) is 14.9. The van der Waals surface area contributed by atoms with Crippen LogP contribution in [0.1, 0.15) is 42.1 Å². The summed E-state index contributed by atoms with van der Waals surface area (Å²) in [6.07, 6.45) is 0.513. The van der Waals surface area contributed by atoms with Crippen molar-refractivity contribution in [2.75, 3.05) is 13.2 Å². The van der Waals surface area contributed by atoms with Crippen LogP contribution in [-0.2, 0) is 6.42 Å². The fraction of sp³-hybridized carbons (Fsp3) is 0.429. The van der Waals surface area contributed by atoms with Crippen LogP contribution >= 0.6 is 12.4 Å². The topological polar surface area (TPSA) is 41.5 Å². The van der Waals surface area contributed by atoms with Gasteiger partial charge in [-0.25, -0.2) is 0 Å². The van der Waals surface area contributed by atoms with Gasteiger partial charge in [0, 0.05) is 12.6 Å². The maximum absolute atomic E-state index is 10.1. The van der Waals surface area contributed by atoms with Crippen molar-refractivity contribution in [1.29, 1.82) is 0 Å². The number of halogens is 1. The van der Waals surface area contributed by atoms with E-state index in [2.05, 4.69) is 56.4 Å². The molecule has 0 saturated carbocycles. The molecule has 138 valence electrons. The Balaban J connectivity index is 0.00000312. The molecule has 0 saturated heterocycles. The Morgan fingerprint density at radius 1 is 1.08 bits per heavy atom. The molecule has 2 unspecified atom stereocenters. The van der Waals surface area contributed by atoms with E-state index in [9.17, 15) is 5.11 Å². The number of hydrogen-bond acceptors (Lipinski definition) is 3. The molecule has 0 heterocycles. The van der Waals surface area contributed by atoms with Gasteiger partial charge in [0.1, 0.15) is 18.5 Å². The number of aryl methyl sites for hydroxylation is 3. The first-order chi connectivity index (χ1) is 11.5. The van der Waals surface area contributed by atoms with Crippen LogP contribution in [0.3, 0.4) is 0 Å². The molecule has 0 fully saturated rings. The molecule has 0 aliphatic heterocycles. The number of nitrogens with one attached hydrogen (secondary N) is 1. The fourth-order valence-corrected chi connectivity index (χ4v) is 2.68. The van der Waals surface area contributed by atoms with E-state index in [1.807, 2.05) is 19.1 Å². The lowest BCUT2D eigenvalue weighted by molar-refractivity contribution is 0.104. The molecule has 0 amide bonds. The van der Waals surface area contributed by atoms with Crippen molar-refractivity contribution in [3.8, 4) is 5.75 Å². The second-order valence-electron chi connectivity index (χ2n) is 6.46. The van der Waals surface area contributed by atoms with Crippen molar-refractivity contribution in [1.82, 2.24) is 5.32 Å². The predicted molar refractivity (Wildman–Crippen MR) is 107 cm³/mol. The van der Waals surface area contributed by atoms with Crippen molar-refractivity contribution in [3.05, 3.63) is 64.7 Å². The van der Waals surface area contributed by atoms with Crippen LogP contribution < -0.4 is 10.1 Å². The summed E-state index contributed by atoms with van der Waals surface area (Å²) in [5.74, 6) is 0.836. The third kappa shape index (κ3) is 6.69. The van der Waals surface area contributed by atoms with Gasteiger partial charge in [-0.05, 0) is 49.9 Å². The summed E-state index contributed by atoms with van der Waals surface area (Å²) in [5.41, 5.74) is 4.88. The number of ether oxygens (including phenoxy) is 1. The van der Waals surface area contributed by atoms with E-state index in [0.29, 0.717) is 13.2 Å². The van der Waals surface area contributed by atoms with E-state index < -0.39 is 6.10 Å². The van der Waals surface area contributed by atoms with Crippen molar-refractivity contribution in [3.63, 3.8) is 0 Å². The van der Waals surface area contributed by atoms with E-state index >= 15 is 0 Å². The van der Waals surface area contributed by atoms with Gasteiger partial charge in [0.2, 0.25) is 0 Å². The van der Waals surface area contributed by atoms with Crippen LogP contribution in [0.5, 0.6) is 5.75 Å². The molecule has 0 aliphatic rings. The number of hydrogen-bond donors (Lipinski definition) is 2. The Bertz CT molecular complexity index is 643. The van der Waals surface area contributed by atoms with Gasteiger partial charge >= 0.3 is 0 Å². The summed E-state index contributed by atoms with van der Waals surface area (Å²) in [5, 5.41) is 13.5. The molecule has 0 spiro atoms. The molecular formula is C21H30ClNO2. The molecule has 2 aromatic carbocycles. The van der Waals surface area contributed by atoms with Gasteiger partial charge in [-0.1, -0.05) is 48.9 Å². The maximum atomic E-state index is 10.1. The predicted octanol–water partition coefficient (Wildman–Crippen LogP) is 4.38. The fourth-order valence-electron chi connectivity index (χ4n) is 2.68. The summed E-state index contributed by atoms with van der Waals surface area (Å²) in [6.45, 7) is 9.14. The van der Waals surface area contributed by atoms with Gasteiger partial charge in [-0.3, -0.25) is 0 Å². The van der Waals surface area contributed by atoms with E-state index in [-0.39, 0.29) is 18.4 Å². The molecule has 0 radical (unpaired) electrons. The van der Waals surface area contributed by atoms with Crippen LogP contribution in [-0.4, -0.2) is 24.4 Å². The van der Waals surface area contributed by atoms with Gasteiger partial charge in [-0.2, -0.15) is 0 Å². The van der Waals surface area contributed by atoms with E-state index in [1.54, 1.807) is 0 Å². The second-order valence-corrected chi connectivity index (χ2v) is 6.46. The number of aliphatic hydroxyl groups excluding tert-OH is 1. The zero-order valence-corrected chi connectivity index (χ0v) is 16.4. The Morgan fingerprint density at radius 3 is 2.36 bits per heavy atom.